The van der Waals surface area contributed by atoms with Gasteiger partial charge in [-0.1, -0.05) is 25.7 Å². The molecule has 2 aliphatic carbocycles. The first kappa shape index (κ1) is 12.9. The number of carbonyl (C=O) groups excluding carboxylic acids is 1. The van der Waals surface area contributed by atoms with Crippen LogP contribution in [-0.2, 0) is 9.53 Å². The van der Waals surface area contributed by atoms with Crippen LogP contribution in [0.15, 0.2) is 24.3 Å². The molecule has 19 heavy (non-hydrogen) atoms. The van der Waals surface area contributed by atoms with Crippen molar-refractivity contribution in [1.29, 1.82) is 0 Å². The van der Waals surface area contributed by atoms with E-state index in [2.05, 4.69) is 20.1 Å². The zero-order chi connectivity index (χ0) is 13.9. The Morgan fingerprint density at radius 3 is 2.68 bits per heavy atom. The van der Waals surface area contributed by atoms with E-state index in [0.717, 1.165) is 5.57 Å². The molecule has 6 atom stereocenters. The number of aliphatic hydroxyl groups excluding tert-OH is 2. The molecule has 1 heterocycles. The van der Waals surface area contributed by atoms with Crippen molar-refractivity contribution in [2.75, 3.05) is 0 Å². The quantitative estimate of drug-likeness (QED) is 0.392. The third kappa shape index (κ3) is 1.70. The topological polar surface area (TPSA) is 66.8 Å². The lowest BCUT2D eigenvalue weighted by Gasteiger charge is -2.32. The van der Waals surface area contributed by atoms with Gasteiger partial charge < -0.3 is 14.9 Å². The number of ether oxygens (including phenoxy) is 1. The normalized spacial score (nSPS) is 49.6. The van der Waals surface area contributed by atoms with E-state index in [4.69, 9.17) is 4.74 Å². The molecule has 3 aliphatic rings. The maximum absolute atomic E-state index is 11.6. The van der Waals surface area contributed by atoms with Gasteiger partial charge >= 0.3 is 5.97 Å². The third-order valence-electron chi connectivity index (χ3n) is 5.17. The highest BCUT2D eigenvalue weighted by Crippen LogP contribution is 2.56. The first-order valence-corrected chi connectivity index (χ1v) is 6.77. The van der Waals surface area contributed by atoms with Crippen LogP contribution < -0.4 is 0 Å². The second-order valence-electron chi connectivity index (χ2n) is 6.54. The van der Waals surface area contributed by atoms with Crippen molar-refractivity contribution in [3.05, 3.63) is 24.3 Å². The summed E-state index contributed by atoms with van der Waals surface area (Å²) in [7, 11) is 0. The SMILES string of the molecule is C=C1C(=O)OC2CC(=C)C3C(O)C(O)CC3(C)CC12. The Labute approximate surface area is 112 Å². The predicted molar refractivity (Wildman–Crippen MR) is 69.1 cm³/mol. The molecule has 104 valence electrons. The molecular formula is C15H20O4. The fourth-order valence-corrected chi connectivity index (χ4v) is 4.30. The van der Waals surface area contributed by atoms with Crippen molar-refractivity contribution in [2.45, 2.75) is 44.5 Å². The van der Waals surface area contributed by atoms with Crippen LogP contribution in [0.1, 0.15) is 26.2 Å². The van der Waals surface area contributed by atoms with Gasteiger partial charge in [-0.25, -0.2) is 4.79 Å². The van der Waals surface area contributed by atoms with Crippen LogP contribution in [0, 0.1) is 17.3 Å². The van der Waals surface area contributed by atoms with Crippen LogP contribution in [0.4, 0.5) is 0 Å². The first-order valence-electron chi connectivity index (χ1n) is 6.77. The Morgan fingerprint density at radius 1 is 1.32 bits per heavy atom. The minimum absolute atomic E-state index is 0.0169. The zero-order valence-electron chi connectivity index (χ0n) is 11.1. The molecule has 0 bridgehead atoms. The minimum atomic E-state index is -0.764. The summed E-state index contributed by atoms with van der Waals surface area (Å²) in [5.41, 5.74) is 1.16. The fourth-order valence-electron chi connectivity index (χ4n) is 4.30. The Kier molecular flexibility index (Phi) is 2.67. The summed E-state index contributed by atoms with van der Waals surface area (Å²) in [6, 6.07) is 0. The van der Waals surface area contributed by atoms with Crippen molar-refractivity contribution in [1.82, 2.24) is 0 Å². The zero-order valence-corrected chi connectivity index (χ0v) is 11.1. The third-order valence-corrected chi connectivity index (χ3v) is 5.17. The molecule has 3 rings (SSSR count). The van der Waals surface area contributed by atoms with Gasteiger partial charge in [0.05, 0.1) is 12.2 Å². The van der Waals surface area contributed by atoms with E-state index in [-0.39, 0.29) is 29.3 Å². The van der Waals surface area contributed by atoms with Gasteiger partial charge in [-0.2, -0.15) is 0 Å². The van der Waals surface area contributed by atoms with E-state index < -0.39 is 12.2 Å². The Bertz CT molecular complexity index is 469. The summed E-state index contributed by atoms with van der Waals surface area (Å²) in [5.74, 6) is -0.458. The van der Waals surface area contributed by atoms with Gasteiger partial charge in [0, 0.05) is 23.8 Å². The number of aliphatic hydroxyl groups is 2. The van der Waals surface area contributed by atoms with E-state index >= 15 is 0 Å². The summed E-state index contributed by atoms with van der Waals surface area (Å²) in [5, 5.41) is 20.1. The van der Waals surface area contributed by atoms with Gasteiger partial charge in [0.15, 0.2) is 0 Å². The summed E-state index contributed by atoms with van der Waals surface area (Å²) in [6.07, 6.45) is 0.122. The number of carbonyl (C=O) groups is 1. The fraction of sp³-hybridized carbons (Fsp3) is 0.667. The summed E-state index contributed by atoms with van der Waals surface area (Å²) >= 11 is 0. The van der Waals surface area contributed by atoms with Crippen LogP contribution in [0.2, 0.25) is 0 Å². The van der Waals surface area contributed by atoms with Gasteiger partial charge in [-0.05, 0) is 18.3 Å². The van der Waals surface area contributed by atoms with Crippen LogP contribution in [-0.4, -0.2) is 34.5 Å². The number of rotatable bonds is 0. The molecule has 0 radical (unpaired) electrons. The van der Waals surface area contributed by atoms with E-state index in [1.165, 1.54) is 0 Å². The smallest absolute Gasteiger partial charge is 0.334 e. The van der Waals surface area contributed by atoms with E-state index in [1.807, 2.05) is 0 Å². The average Bonchev–Trinajstić information content (AvgIpc) is 2.63. The molecule has 0 aromatic carbocycles. The van der Waals surface area contributed by atoms with Crippen molar-refractivity contribution in [3.8, 4) is 0 Å². The number of hydrogen-bond donors (Lipinski definition) is 2. The maximum atomic E-state index is 11.6. The molecule has 6 unspecified atom stereocenters. The lowest BCUT2D eigenvalue weighted by Crippen LogP contribution is -2.31. The predicted octanol–water partition coefficient (Wildman–Crippen LogP) is 1.18. The maximum Gasteiger partial charge on any atom is 0.334 e. The molecule has 3 fully saturated rings. The molecule has 1 saturated heterocycles. The van der Waals surface area contributed by atoms with Gasteiger partial charge in [0.1, 0.15) is 6.10 Å². The summed E-state index contributed by atoms with van der Waals surface area (Å²) in [6.45, 7) is 9.96. The van der Waals surface area contributed by atoms with E-state index in [0.29, 0.717) is 24.8 Å². The van der Waals surface area contributed by atoms with Crippen molar-refractivity contribution in [3.63, 3.8) is 0 Å². The van der Waals surface area contributed by atoms with Crippen LogP contribution >= 0.6 is 0 Å². The second-order valence-corrected chi connectivity index (χ2v) is 6.54. The molecule has 2 saturated carbocycles. The molecular weight excluding hydrogens is 244 g/mol. The molecule has 2 N–H and O–H groups in total. The largest absolute Gasteiger partial charge is 0.458 e. The summed E-state index contributed by atoms with van der Waals surface area (Å²) < 4.78 is 5.36. The highest BCUT2D eigenvalue weighted by molar-refractivity contribution is 5.90. The second kappa shape index (κ2) is 3.93. The Hall–Kier alpha value is -1.13. The molecule has 4 heteroatoms. The molecule has 4 nitrogen and oxygen atoms in total. The standard InChI is InChI=1S/C15H20O4/c1-7-4-11-9(8(2)14(18)19-11)5-15(3)6-10(16)13(17)12(7)15/h9-13,16-17H,1-2,4-6H2,3H3. The van der Waals surface area contributed by atoms with Crippen molar-refractivity contribution >= 4 is 5.97 Å². The van der Waals surface area contributed by atoms with Crippen molar-refractivity contribution < 1.29 is 19.7 Å². The highest BCUT2D eigenvalue weighted by Gasteiger charge is 2.56. The lowest BCUT2D eigenvalue weighted by atomic mass is 9.71. The van der Waals surface area contributed by atoms with Gasteiger partial charge in [-0.15, -0.1) is 0 Å². The molecule has 0 aromatic rings. The van der Waals surface area contributed by atoms with Gasteiger partial charge in [0.25, 0.3) is 0 Å². The lowest BCUT2D eigenvalue weighted by molar-refractivity contribution is -0.139. The minimum Gasteiger partial charge on any atom is -0.458 e. The van der Waals surface area contributed by atoms with Crippen molar-refractivity contribution in [2.24, 2.45) is 17.3 Å². The Balaban J connectivity index is 1.98. The number of esters is 1. The number of fused-ring (bicyclic) bond motifs is 2. The van der Waals surface area contributed by atoms with E-state index in [9.17, 15) is 15.0 Å². The Morgan fingerprint density at radius 2 is 2.00 bits per heavy atom. The van der Waals surface area contributed by atoms with Crippen LogP contribution in [0.25, 0.3) is 0 Å². The first-order chi connectivity index (χ1) is 8.83. The number of hydrogen-bond acceptors (Lipinski definition) is 4. The molecule has 0 amide bonds. The molecule has 0 spiro atoms. The van der Waals surface area contributed by atoms with E-state index in [1.54, 1.807) is 0 Å². The monoisotopic (exact) mass is 264 g/mol. The summed E-state index contributed by atoms with van der Waals surface area (Å²) in [4.78, 5) is 11.6. The van der Waals surface area contributed by atoms with Crippen LogP contribution in [0.3, 0.4) is 0 Å². The van der Waals surface area contributed by atoms with Gasteiger partial charge in [-0.3, -0.25) is 0 Å². The van der Waals surface area contributed by atoms with Gasteiger partial charge in [0.2, 0.25) is 0 Å². The molecule has 1 aliphatic heterocycles. The molecule has 0 aromatic heterocycles. The highest BCUT2D eigenvalue weighted by atomic mass is 16.6. The van der Waals surface area contributed by atoms with Crippen LogP contribution in [0.5, 0.6) is 0 Å². The average molecular weight is 264 g/mol.